The minimum atomic E-state index is -4.69. The molecule has 2 aromatic carbocycles. The molecule has 3 aromatic rings. The first kappa shape index (κ1) is 17.2. The summed E-state index contributed by atoms with van der Waals surface area (Å²) in [6, 6.07) is 14.0. The number of para-hydroxylation sites is 1. The summed E-state index contributed by atoms with van der Waals surface area (Å²) in [7, 11) is 1.88. The molecule has 1 aromatic heterocycles. The second-order valence-corrected chi connectivity index (χ2v) is 5.73. The molecule has 25 heavy (non-hydrogen) atoms. The zero-order valence-electron chi connectivity index (χ0n) is 13.6. The quantitative estimate of drug-likeness (QED) is 0.741. The Kier molecular flexibility index (Phi) is 4.90. The number of nitrogens with one attached hydrogen (secondary N) is 1. The van der Waals surface area contributed by atoms with Gasteiger partial charge >= 0.3 is 6.36 Å². The van der Waals surface area contributed by atoms with E-state index in [9.17, 15) is 13.2 Å². The highest BCUT2D eigenvalue weighted by molar-refractivity contribution is 5.82. The van der Waals surface area contributed by atoms with Crippen molar-refractivity contribution in [2.75, 3.05) is 7.05 Å². The topological polar surface area (TPSA) is 34.1 Å². The van der Waals surface area contributed by atoms with E-state index in [1.807, 2.05) is 31.3 Å². The predicted molar refractivity (Wildman–Crippen MR) is 90.4 cm³/mol. The fourth-order valence-corrected chi connectivity index (χ4v) is 2.79. The van der Waals surface area contributed by atoms with Crippen LogP contribution in [0.15, 0.2) is 54.7 Å². The molecule has 3 nitrogen and oxygen atoms in total. The van der Waals surface area contributed by atoms with Gasteiger partial charge in [0.2, 0.25) is 0 Å². The first-order chi connectivity index (χ1) is 11.9. The maximum atomic E-state index is 12.3. The third-order valence-electron chi connectivity index (χ3n) is 3.76. The number of hydrogen-bond acceptors (Lipinski definition) is 3. The van der Waals surface area contributed by atoms with Crippen molar-refractivity contribution < 1.29 is 17.9 Å². The highest BCUT2D eigenvalue weighted by Gasteiger charge is 2.31. The molecule has 0 saturated carbocycles. The summed E-state index contributed by atoms with van der Waals surface area (Å²) in [5.41, 5.74) is 3.69. The Morgan fingerprint density at radius 2 is 1.84 bits per heavy atom. The van der Waals surface area contributed by atoms with Gasteiger partial charge in [0.25, 0.3) is 0 Å². The Hall–Kier alpha value is -2.60. The van der Waals surface area contributed by atoms with Gasteiger partial charge < -0.3 is 10.1 Å². The van der Waals surface area contributed by atoms with Gasteiger partial charge in [-0.1, -0.05) is 30.3 Å². The van der Waals surface area contributed by atoms with E-state index >= 15 is 0 Å². The van der Waals surface area contributed by atoms with E-state index in [2.05, 4.69) is 15.0 Å². The van der Waals surface area contributed by atoms with Crippen LogP contribution < -0.4 is 10.1 Å². The first-order valence-corrected chi connectivity index (χ1v) is 7.80. The monoisotopic (exact) mass is 346 g/mol. The molecule has 0 radical (unpaired) electrons. The summed E-state index contributed by atoms with van der Waals surface area (Å²) in [6.45, 7) is 0.723. The summed E-state index contributed by atoms with van der Waals surface area (Å²) in [6.07, 6.45) is -2.44. The second kappa shape index (κ2) is 7.11. The third-order valence-corrected chi connectivity index (χ3v) is 3.76. The largest absolute Gasteiger partial charge is 0.573 e. The maximum absolute atomic E-state index is 12.3. The van der Waals surface area contributed by atoms with Crippen LogP contribution in [0.1, 0.15) is 16.7 Å². The Labute approximate surface area is 143 Å². The molecule has 0 amide bonds. The molecule has 0 aliphatic rings. The Morgan fingerprint density at radius 3 is 2.60 bits per heavy atom. The van der Waals surface area contributed by atoms with Crippen molar-refractivity contribution in [3.8, 4) is 5.75 Å². The molecule has 0 spiro atoms. The van der Waals surface area contributed by atoms with Crippen molar-refractivity contribution in [3.63, 3.8) is 0 Å². The Balaban J connectivity index is 1.85. The molecule has 0 saturated heterocycles. The first-order valence-electron chi connectivity index (χ1n) is 7.80. The van der Waals surface area contributed by atoms with Gasteiger partial charge in [0.1, 0.15) is 5.75 Å². The fourth-order valence-electron chi connectivity index (χ4n) is 2.79. The van der Waals surface area contributed by atoms with Crippen LogP contribution in [0.2, 0.25) is 0 Å². The van der Waals surface area contributed by atoms with Gasteiger partial charge in [0.15, 0.2) is 0 Å². The summed E-state index contributed by atoms with van der Waals surface area (Å²) in [5, 5.41) is 4.12. The lowest BCUT2D eigenvalue weighted by Gasteiger charge is -2.11. The number of ether oxygens (including phenoxy) is 1. The maximum Gasteiger partial charge on any atom is 0.573 e. The average Bonchev–Trinajstić information content (AvgIpc) is 2.54. The van der Waals surface area contributed by atoms with Crippen LogP contribution in [0, 0.1) is 0 Å². The van der Waals surface area contributed by atoms with Gasteiger partial charge in [-0.2, -0.15) is 0 Å². The van der Waals surface area contributed by atoms with Gasteiger partial charge in [0, 0.05) is 18.1 Å². The molecular weight excluding hydrogens is 329 g/mol. The number of rotatable bonds is 5. The number of pyridine rings is 1. The lowest BCUT2D eigenvalue weighted by atomic mass is 10.0. The smallest absolute Gasteiger partial charge is 0.406 e. The van der Waals surface area contributed by atoms with Crippen molar-refractivity contribution in [2.45, 2.75) is 19.3 Å². The van der Waals surface area contributed by atoms with Gasteiger partial charge in [-0.15, -0.1) is 13.2 Å². The van der Waals surface area contributed by atoms with Crippen LogP contribution in [0.3, 0.4) is 0 Å². The van der Waals surface area contributed by atoms with E-state index in [1.165, 1.54) is 12.1 Å². The number of aromatic nitrogens is 1. The van der Waals surface area contributed by atoms with Crippen LogP contribution in [-0.2, 0) is 13.0 Å². The second-order valence-electron chi connectivity index (χ2n) is 5.73. The van der Waals surface area contributed by atoms with Gasteiger partial charge in [-0.3, -0.25) is 4.98 Å². The minimum Gasteiger partial charge on any atom is -0.406 e. The van der Waals surface area contributed by atoms with E-state index < -0.39 is 6.36 Å². The SMILES string of the molecule is CNCc1cccc2cc(Cc3cccc(OC(F)(F)F)c3)cnc12. The van der Waals surface area contributed by atoms with Crippen molar-refractivity contribution in [1.29, 1.82) is 0 Å². The van der Waals surface area contributed by atoms with Crippen LogP contribution in [0.25, 0.3) is 10.9 Å². The molecule has 130 valence electrons. The normalized spacial score (nSPS) is 11.7. The summed E-state index contributed by atoms with van der Waals surface area (Å²) < 4.78 is 41.0. The molecule has 0 unspecified atom stereocenters. The molecule has 0 fully saturated rings. The molecule has 0 bridgehead atoms. The van der Waals surface area contributed by atoms with Crippen molar-refractivity contribution in [1.82, 2.24) is 10.3 Å². The van der Waals surface area contributed by atoms with Crippen LogP contribution in [-0.4, -0.2) is 18.4 Å². The third kappa shape index (κ3) is 4.48. The highest BCUT2D eigenvalue weighted by Crippen LogP contribution is 2.25. The van der Waals surface area contributed by atoms with Gasteiger partial charge in [-0.05, 0) is 48.4 Å². The number of hydrogen-bond donors (Lipinski definition) is 1. The molecule has 6 heteroatoms. The molecular formula is C19H17F3N2O. The summed E-state index contributed by atoms with van der Waals surface area (Å²) >= 11 is 0. The van der Waals surface area contributed by atoms with Gasteiger partial charge in [-0.25, -0.2) is 0 Å². The Morgan fingerprint density at radius 1 is 1.04 bits per heavy atom. The summed E-state index contributed by atoms with van der Waals surface area (Å²) in [4.78, 5) is 4.53. The minimum absolute atomic E-state index is 0.213. The number of fused-ring (bicyclic) bond motifs is 1. The molecule has 1 heterocycles. The van der Waals surface area contributed by atoms with E-state index in [1.54, 1.807) is 18.3 Å². The number of nitrogens with zero attached hydrogens (tertiary/aromatic N) is 1. The van der Waals surface area contributed by atoms with E-state index in [0.717, 1.165) is 34.1 Å². The zero-order chi connectivity index (χ0) is 17.9. The van der Waals surface area contributed by atoms with Crippen molar-refractivity contribution in [2.24, 2.45) is 0 Å². The highest BCUT2D eigenvalue weighted by atomic mass is 19.4. The summed E-state index contributed by atoms with van der Waals surface area (Å²) in [5.74, 6) is -0.213. The zero-order valence-corrected chi connectivity index (χ0v) is 13.6. The standard InChI is InChI=1S/C19H17F3N2O/c1-23-12-16-6-3-5-15-9-14(11-24-18(15)16)8-13-4-2-7-17(10-13)25-19(20,21)22/h2-7,9-11,23H,8,12H2,1H3. The predicted octanol–water partition coefficient (Wildman–Crippen LogP) is 4.44. The molecule has 0 aliphatic heterocycles. The van der Waals surface area contributed by atoms with Crippen molar-refractivity contribution >= 4 is 10.9 Å². The molecule has 0 atom stereocenters. The average molecular weight is 346 g/mol. The van der Waals surface area contributed by atoms with Crippen LogP contribution in [0.5, 0.6) is 5.75 Å². The van der Waals surface area contributed by atoms with E-state index in [4.69, 9.17) is 0 Å². The number of alkyl halides is 3. The lowest BCUT2D eigenvalue weighted by molar-refractivity contribution is -0.274. The molecule has 1 N–H and O–H groups in total. The number of benzene rings is 2. The van der Waals surface area contributed by atoms with Gasteiger partial charge in [0.05, 0.1) is 5.52 Å². The van der Waals surface area contributed by atoms with E-state index in [0.29, 0.717) is 6.42 Å². The van der Waals surface area contributed by atoms with Crippen molar-refractivity contribution in [3.05, 3.63) is 71.4 Å². The lowest BCUT2D eigenvalue weighted by Crippen LogP contribution is -2.17. The number of halogens is 3. The van der Waals surface area contributed by atoms with Crippen LogP contribution in [0.4, 0.5) is 13.2 Å². The van der Waals surface area contributed by atoms with Crippen LogP contribution >= 0.6 is 0 Å². The Bertz CT molecular complexity index is 878. The molecule has 3 rings (SSSR count). The molecule has 0 aliphatic carbocycles. The fraction of sp³-hybridized carbons (Fsp3) is 0.211. The van der Waals surface area contributed by atoms with E-state index in [-0.39, 0.29) is 5.75 Å².